The number of thiazole rings is 1. The van der Waals surface area contributed by atoms with E-state index in [1.165, 1.54) is 16.3 Å². The van der Waals surface area contributed by atoms with Crippen molar-refractivity contribution in [3.8, 4) is 0 Å². The maximum Gasteiger partial charge on any atom is 0.198 e. The number of anilines is 1. The molecule has 2 aromatic rings. The topological polar surface area (TPSA) is 40.5 Å². The fourth-order valence-corrected chi connectivity index (χ4v) is 3.36. The highest BCUT2D eigenvalue weighted by molar-refractivity contribution is 7.09. The SMILES string of the molecule is CCc1nc(CNC(=NC)N2CCc3ccccc32)cs1. The number of rotatable bonds is 3. The van der Waals surface area contributed by atoms with E-state index in [0.29, 0.717) is 0 Å². The van der Waals surface area contributed by atoms with Crippen LogP contribution in [0.15, 0.2) is 34.6 Å². The molecule has 0 unspecified atom stereocenters. The van der Waals surface area contributed by atoms with Crippen molar-refractivity contribution in [2.24, 2.45) is 4.99 Å². The summed E-state index contributed by atoms with van der Waals surface area (Å²) in [6, 6.07) is 8.53. The average Bonchev–Trinajstić information content (AvgIpc) is 3.15. The van der Waals surface area contributed by atoms with Crippen molar-refractivity contribution in [1.82, 2.24) is 10.3 Å². The van der Waals surface area contributed by atoms with E-state index in [1.54, 1.807) is 11.3 Å². The number of nitrogens with zero attached hydrogens (tertiary/aromatic N) is 3. The van der Waals surface area contributed by atoms with E-state index in [1.807, 2.05) is 7.05 Å². The second kappa shape index (κ2) is 6.26. The summed E-state index contributed by atoms with van der Waals surface area (Å²) in [7, 11) is 1.84. The summed E-state index contributed by atoms with van der Waals surface area (Å²) in [5.74, 6) is 0.922. The molecule has 0 radical (unpaired) electrons. The Labute approximate surface area is 129 Å². The van der Waals surface area contributed by atoms with E-state index in [2.05, 4.69) is 56.8 Å². The van der Waals surface area contributed by atoms with E-state index < -0.39 is 0 Å². The van der Waals surface area contributed by atoms with E-state index in [0.717, 1.165) is 37.6 Å². The highest BCUT2D eigenvalue weighted by Crippen LogP contribution is 2.27. The molecule has 0 bridgehead atoms. The number of guanidine groups is 1. The van der Waals surface area contributed by atoms with E-state index in [-0.39, 0.29) is 0 Å². The Morgan fingerprint density at radius 1 is 1.43 bits per heavy atom. The highest BCUT2D eigenvalue weighted by atomic mass is 32.1. The van der Waals surface area contributed by atoms with Crippen LogP contribution in [0.3, 0.4) is 0 Å². The van der Waals surface area contributed by atoms with Gasteiger partial charge < -0.3 is 10.2 Å². The molecule has 0 saturated heterocycles. The fraction of sp³-hybridized carbons (Fsp3) is 0.375. The standard InChI is InChI=1S/C16H20N4S/c1-3-15-19-13(11-21-15)10-18-16(17-2)20-9-8-12-6-4-5-7-14(12)20/h4-7,11H,3,8-10H2,1-2H3,(H,17,18). The molecule has 3 rings (SSSR count). The van der Waals surface area contributed by atoms with Crippen LogP contribution >= 0.6 is 11.3 Å². The third kappa shape index (κ3) is 2.93. The zero-order chi connectivity index (χ0) is 14.7. The van der Waals surface area contributed by atoms with Crippen LogP contribution in [0, 0.1) is 0 Å². The lowest BCUT2D eigenvalue weighted by Crippen LogP contribution is -2.40. The Morgan fingerprint density at radius 3 is 3.05 bits per heavy atom. The normalized spacial score (nSPS) is 14.4. The third-order valence-electron chi connectivity index (χ3n) is 3.68. The number of para-hydroxylation sites is 1. The lowest BCUT2D eigenvalue weighted by atomic mass is 10.2. The summed E-state index contributed by atoms with van der Waals surface area (Å²) in [6.07, 6.45) is 2.08. The highest BCUT2D eigenvalue weighted by Gasteiger charge is 2.22. The number of benzene rings is 1. The van der Waals surface area contributed by atoms with Crippen molar-refractivity contribution in [3.05, 3.63) is 45.9 Å². The molecule has 0 atom stereocenters. The van der Waals surface area contributed by atoms with Crippen LogP contribution in [-0.2, 0) is 19.4 Å². The van der Waals surface area contributed by atoms with Gasteiger partial charge in [0.05, 0.1) is 17.2 Å². The number of aromatic nitrogens is 1. The van der Waals surface area contributed by atoms with Crippen LogP contribution in [0.5, 0.6) is 0 Å². The number of aryl methyl sites for hydroxylation is 1. The van der Waals surface area contributed by atoms with Gasteiger partial charge in [0, 0.05) is 24.7 Å². The van der Waals surface area contributed by atoms with Crippen molar-refractivity contribution in [1.29, 1.82) is 0 Å². The van der Waals surface area contributed by atoms with Crippen molar-refractivity contribution in [2.75, 3.05) is 18.5 Å². The quantitative estimate of drug-likeness (QED) is 0.700. The van der Waals surface area contributed by atoms with Crippen LogP contribution in [-0.4, -0.2) is 24.5 Å². The second-order valence-corrected chi connectivity index (χ2v) is 5.96. The number of nitrogens with one attached hydrogen (secondary N) is 1. The van der Waals surface area contributed by atoms with Crippen molar-refractivity contribution < 1.29 is 0 Å². The van der Waals surface area contributed by atoms with Gasteiger partial charge in [-0.15, -0.1) is 11.3 Å². The molecule has 21 heavy (non-hydrogen) atoms. The summed E-state index contributed by atoms with van der Waals surface area (Å²) in [6.45, 7) is 3.84. The van der Waals surface area contributed by atoms with Crippen LogP contribution < -0.4 is 10.2 Å². The van der Waals surface area contributed by atoms with Gasteiger partial charge in [0.15, 0.2) is 5.96 Å². The van der Waals surface area contributed by atoms with Gasteiger partial charge >= 0.3 is 0 Å². The van der Waals surface area contributed by atoms with Crippen LogP contribution in [0.25, 0.3) is 0 Å². The summed E-state index contributed by atoms with van der Waals surface area (Å²) in [5.41, 5.74) is 3.74. The fourth-order valence-electron chi connectivity index (χ4n) is 2.62. The van der Waals surface area contributed by atoms with Gasteiger partial charge in [-0.05, 0) is 24.5 Å². The molecule has 1 aliphatic heterocycles. The Hall–Kier alpha value is -1.88. The average molecular weight is 300 g/mol. The zero-order valence-electron chi connectivity index (χ0n) is 12.5. The molecule has 0 aliphatic carbocycles. The predicted molar refractivity (Wildman–Crippen MR) is 89.2 cm³/mol. The summed E-state index contributed by atoms with van der Waals surface area (Å²) in [4.78, 5) is 11.3. The molecule has 1 aliphatic rings. The van der Waals surface area contributed by atoms with Gasteiger partial charge in [-0.1, -0.05) is 25.1 Å². The number of hydrogen-bond donors (Lipinski definition) is 1. The largest absolute Gasteiger partial charge is 0.350 e. The third-order valence-corrected chi connectivity index (χ3v) is 4.73. The van der Waals surface area contributed by atoms with E-state index in [9.17, 15) is 0 Å². The monoisotopic (exact) mass is 300 g/mol. The van der Waals surface area contributed by atoms with Crippen LogP contribution in [0.4, 0.5) is 5.69 Å². The minimum Gasteiger partial charge on any atom is -0.350 e. The zero-order valence-corrected chi connectivity index (χ0v) is 13.3. The van der Waals surface area contributed by atoms with Gasteiger partial charge in [-0.25, -0.2) is 4.98 Å². The molecule has 5 heteroatoms. The molecule has 1 aromatic heterocycles. The molecule has 0 amide bonds. The molecule has 0 saturated carbocycles. The van der Waals surface area contributed by atoms with E-state index in [4.69, 9.17) is 0 Å². The van der Waals surface area contributed by atoms with Crippen LogP contribution in [0.2, 0.25) is 0 Å². The summed E-state index contributed by atoms with van der Waals surface area (Å²) >= 11 is 1.73. The molecule has 110 valence electrons. The molecule has 4 nitrogen and oxygen atoms in total. The molecule has 2 heterocycles. The van der Waals surface area contributed by atoms with Crippen molar-refractivity contribution >= 4 is 23.0 Å². The summed E-state index contributed by atoms with van der Waals surface area (Å²) in [5, 5.41) is 6.74. The minimum absolute atomic E-state index is 0.724. The first-order valence-electron chi connectivity index (χ1n) is 7.31. The van der Waals surface area contributed by atoms with Crippen molar-refractivity contribution in [2.45, 2.75) is 26.3 Å². The smallest absolute Gasteiger partial charge is 0.198 e. The number of hydrogen-bond acceptors (Lipinski definition) is 3. The molecular weight excluding hydrogens is 280 g/mol. The molecule has 1 N–H and O–H groups in total. The summed E-state index contributed by atoms with van der Waals surface area (Å²) < 4.78 is 0. The number of aliphatic imine (C=N–C) groups is 1. The Bertz CT molecular complexity index is 647. The van der Waals surface area contributed by atoms with Crippen LogP contribution in [0.1, 0.15) is 23.2 Å². The van der Waals surface area contributed by atoms with Gasteiger partial charge in [-0.2, -0.15) is 0 Å². The first-order valence-corrected chi connectivity index (χ1v) is 8.19. The Kier molecular flexibility index (Phi) is 4.20. The lowest BCUT2D eigenvalue weighted by molar-refractivity contribution is 0.840. The first kappa shape index (κ1) is 14.1. The maximum absolute atomic E-state index is 4.59. The van der Waals surface area contributed by atoms with Crippen molar-refractivity contribution in [3.63, 3.8) is 0 Å². The van der Waals surface area contributed by atoms with Gasteiger partial charge in [-0.3, -0.25) is 4.99 Å². The van der Waals surface area contributed by atoms with Gasteiger partial charge in [0.25, 0.3) is 0 Å². The molecule has 0 fully saturated rings. The van der Waals surface area contributed by atoms with Gasteiger partial charge in [0.2, 0.25) is 0 Å². The molecule has 1 aromatic carbocycles. The molecular formula is C16H20N4S. The van der Waals surface area contributed by atoms with Gasteiger partial charge in [0.1, 0.15) is 0 Å². The first-order chi connectivity index (χ1) is 10.3. The second-order valence-electron chi connectivity index (χ2n) is 5.02. The maximum atomic E-state index is 4.59. The minimum atomic E-state index is 0.724. The predicted octanol–water partition coefficient (Wildman–Crippen LogP) is 2.84. The van der Waals surface area contributed by atoms with E-state index >= 15 is 0 Å². The number of fused-ring (bicyclic) bond motifs is 1. The molecule has 0 spiro atoms. The lowest BCUT2D eigenvalue weighted by Gasteiger charge is -2.22. The Balaban J connectivity index is 1.69. The Morgan fingerprint density at radius 2 is 2.29 bits per heavy atom.